The van der Waals surface area contributed by atoms with Crippen LogP contribution >= 0.6 is 15.9 Å². The number of amides is 1. The Morgan fingerprint density at radius 2 is 1.91 bits per heavy atom. The summed E-state index contributed by atoms with van der Waals surface area (Å²) in [4.78, 5) is 12.2. The summed E-state index contributed by atoms with van der Waals surface area (Å²) in [5.41, 5.74) is 0.266. The molecule has 5 nitrogen and oxygen atoms in total. The lowest BCUT2D eigenvalue weighted by Gasteiger charge is -2.15. The Morgan fingerprint density at radius 3 is 2.45 bits per heavy atom. The van der Waals surface area contributed by atoms with Crippen molar-refractivity contribution < 1.29 is 13.2 Å². The molecule has 0 aliphatic heterocycles. The fourth-order valence-electron chi connectivity index (χ4n) is 2.06. The van der Waals surface area contributed by atoms with Crippen molar-refractivity contribution in [2.45, 2.75) is 51.0 Å². The van der Waals surface area contributed by atoms with E-state index in [1.54, 1.807) is 0 Å². The lowest BCUT2D eigenvalue weighted by atomic mass is 10.0. The van der Waals surface area contributed by atoms with Crippen LogP contribution in [-0.2, 0) is 10.0 Å². The minimum atomic E-state index is -3.83. The Bertz CT molecular complexity index is 630. The molecule has 22 heavy (non-hydrogen) atoms. The van der Waals surface area contributed by atoms with Crippen LogP contribution in [0.4, 0.5) is 0 Å². The van der Waals surface area contributed by atoms with Crippen molar-refractivity contribution >= 4 is 31.9 Å². The van der Waals surface area contributed by atoms with Gasteiger partial charge in [-0.25, -0.2) is 13.6 Å². The molecule has 0 fully saturated rings. The van der Waals surface area contributed by atoms with Crippen LogP contribution in [0.1, 0.15) is 50.4 Å². The lowest BCUT2D eigenvalue weighted by Crippen LogP contribution is -2.33. The van der Waals surface area contributed by atoms with E-state index in [-0.39, 0.29) is 22.4 Å². The van der Waals surface area contributed by atoms with Gasteiger partial charge in [0.25, 0.3) is 5.91 Å². The number of carbonyl (C=O) groups excluding carboxylic acids is 1. The molecular weight excluding hydrogens is 368 g/mol. The van der Waals surface area contributed by atoms with E-state index in [0.29, 0.717) is 10.4 Å². The number of carbonyl (C=O) groups is 1. The van der Waals surface area contributed by atoms with Gasteiger partial charge in [0.15, 0.2) is 0 Å². The SMILES string of the molecule is CC(C)CCCC(C)NC(=O)c1cc(S(N)(=O)=O)ccc1Br. The summed E-state index contributed by atoms with van der Waals surface area (Å²) in [6.07, 6.45) is 3.04. The molecule has 0 aromatic heterocycles. The molecule has 1 unspecified atom stereocenters. The summed E-state index contributed by atoms with van der Waals surface area (Å²) in [7, 11) is -3.83. The summed E-state index contributed by atoms with van der Waals surface area (Å²) < 4.78 is 23.3. The van der Waals surface area contributed by atoms with E-state index in [1.807, 2.05) is 6.92 Å². The number of primary sulfonamides is 1. The highest BCUT2D eigenvalue weighted by atomic mass is 79.9. The smallest absolute Gasteiger partial charge is 0.252 e. The third kappa shape index (κ3) is 6.06. The highest BCUT2D eigenvalue weighted by Gasteiger charge is 2.17. The van der Waals surface area contributed by atoms with Gasteiger partial charge in [-0.15, -0.1) is 0 Å². The maximum atomic E-state index is 12.3. The molecule has 0 saturated heterocycles. The van der Waals surface area contributed by atoms with Crippen molar-refractivity contribution in [3.8, 4) is 0 Å². The standard InChI is InChI=1S/C15H23BrN2O3S/c1-10(2)5-4-6-11(3)18-15(19)13-9-12(22(17,20)21)7-8-14(13)16/h7-11H,4-6H2,1-3H3,(H,18,19)(H2,17,20,21). The second kappa shape index (κ2) is 8.08. The fraction of sp³-hybridized carbons (Fsp3) is 0.533. The van der Waals surface area contributed by atoms with Crippen LogP contribution in [0.3, 0.4) is 0 Å². The third-order valence-corrected chi connectivity index (χ3v) is 4.91. The second-order valence-electron chi connectivity index (χ2n) is 5.89. The quantitative estimate of drug-likeness (QED) is 0.749. The molecule has 0 saturated carbocycles. The minimum Gasteiger partial charge on any atom is -0.350 e. The average molecular weight is 391 g/mol. The number of sulfonamides is 1. The van der Waals surface area contributed by atoms with Gasteiger partial charge in [0, 0.05) is 10.5 Å². The number of benzene rings is 1. The zero-order valence-electron chi connectivity index (χ0n) is 13.1. The molecule has 0 spiro atoms. The maximum absolute atomic E-state index is 12.3. The first-order valence-corrected chi connectivity index (χ1v) is 9.58. The van der Waals surface area contributed by atoms with Crippen LogP contribution in [0.5, 0.6) is 0 Å². The van der Waals surface area contributed by atoms with E-state index in [1.165, 1.54) is 18.2 Å². The Hall–Kier alpha value is -0.920. The highest BCUT2D eigenvalue weighted by molar-refractivity contribution is 9.10. The normalized spacial score (nSPS) is 13.2. The molecule has 0 radical (unpaired) electrons. The summed E-state index contributed by atoms with van der Waals surface area (Å²) in [5, 5.41) is 7.98. The van der Waals surface area contributed by atoms with Gasteiger partial charge in [0.2, 0.25) is 10.0 Å². The van der Waals surface area contributed by atoms with E-state index in [9.17, 15) is 13.2 Å². The molecule has 124 valence electrons. The van der Waals surface area contributed by atoms with E-state index in [0.717, 1.165) is 19.3 Å². The van der Waals surface area contributed by atoms with E-state index >= 15 is 0 Å². The predicted molar refractivity (Wildman–Crippen MR) is 91.1 cm³/mol. The van der Waals surface area contributed by atoms with Gasteiger partial charge in [-0.05, 0) is 53.4 Å². The fourth-order valence-corrected chi connectivity index (χ4v) is 3.03. The summed E-state index contributed by atoms with van der Waals surface area (Å²) in [5.74, 6) is 0.331. The minimum absolute atomic E-state index is 0.0243. The van der Waals surface area contributed by atoms with Gasteiger partial charge < -0.3 is 5.32 Å². The van der Waals surface area contributed by atoms with Gasteiger partial charge in [-0.2, -0.15) is 0 Å². The third-order valence-electron chi connectivity index (χ3n) is 3.31. The molecule has 1 atom stereocenters. The van der Waals surface area contributed by atoms with Crippen molar-refractivity contribution in [3.05, 3.63) is 28.2 Å². The first-order valence-electron chi connectivity index (χ1n) is 7.24. The van der Waals surface area contributed by atoms with Crippen LogP contribution in [0.15, 0.2) is 27.6 Å². The van der Waals surface area contributed by atoms with Crippen molar-refractivity contribution in [2.24, 2.45) is 11.1 Å². The number of hydrogen-bond donors (Lipinski definition) is 2. The maximum Gasteiger partial charge on any atom is 0.252 e. The Labute approximate surface area is 140 Å². The molecule has 0 bridgehead atoms. The number of nitrogens with one attached hydrogen (secondary N) is 1. The van der Waals surface area contributed by atoms with Crippen LogP contribution in [0.25, 0.3) is 0 Å². The van der Waals surface area contributed by atoms with Crippen LogP contribution in [-0.4, -0.2) is 20.4 Å². The zero-order valence-corrected chi connectivity index (χ0v) is 15.5. The van der Waals surface area contributed by atoms with Gasteiger partial charge in [-0.3, -0.25) is 4.79 Å². The van der Waals surface area contributed by atoms with E-state index in [4.69, 9.17) is 5.14 Å². The number of hydrogen-bond acceptors (Lipinski definition) is 3. The average Bonchev–Trinajstić information content (AvgIpc) is 2.37. The zero-order chi connectivity index (χ0) is 16.9. The van der Waals surface area contributed by atoms with Gasteiger partial charge >= 0.3 is 0 Å². The van der Waals surface area contributed by atoms with Gasteiger partial charge in [0.05, 0.1) is 10.5 Å². The summed E-state index contributed by atoms with van der Waals surface area (Å²) in [6, 6.07) is 4.19. The number of nitrogens with two attached hydrogens (primary N) is 1. The molecule has 1 amide bonds. The van der Waals surface area contributed by atoms with Crippen LogP contribution < -0.4 is 10.5 Å². The molecule has 7 heteroatoms. The predicted octanol–water partition coefficient (Wildman–Crippen LogP) is 3.04. The molecule has 3 N–H and O–H groups in total. The van der Waals surface area contributed by atoms with Crippen LogP contribution in [0.2, 0.25) is 0 Å². The molecule has 0 aliphatic carbocycles. The lowest BCUT2D eigenvalue weighted by molar-refractivity contribution is 0.0937. The molecule has 0 heterocycles. The largest absolute Gasteiger partial charge is 0.350 e. The topological polar surface area (TPSA) is 89.3 Å². The second-order valence-corrected chi connectivity index (χ2v) is 8.30. The number of rotatable bonds is 7. The molecule has 1 aromatic carbocycles. The summed E-state index contributed by atoms with van der Waals surface area (Å²) in [6.45, 7) is 6.27. The van der Waals surface area contributed by atoms with Crippen molar-refractivity contribution in [3.63, 3.8) is 0 Å². The molecule has 1 rings (SSSR count). The van der Waals surface area contributed by atoms with E-state index in [2.05, 4.69) is 35.1 Å². The van der Waals surface area contributed by atoms with Crippen LogP contribution in [0, 0.1) is 5.92 Å². The van der Waals surface area contributed by atoms with E-state index < -0.39 is 10.0 Å². The number of halogens is 1. The Balaban J connectivity index is 2.77. The first-order chi connectivity index (χ1) is 10.1. The van der Waals surface area contributed by atoms with Gasteiger partial charge in [-0.1, -0.05) is 26.7 Å². The Morgan fingerprint density at radius 1 is 1.27 bits per heavy atom. The molecule has 0 aliphatic rings. The van der Waals surface area contributed by atoms with Crippen molar-refractivity contribution in [2.75, 3.05) is 0 Å². The van der Waals surface area contributed by atoms with Crippen molar-refractivity contribution in [1.29, 1.82) is 0 Å². The summed E-state index contributed by atoms with van der Waals surface area (Å²) >= 11 is 3.26. The van der Waals surface area contributed by atoms with Gasteiger partial charge in [0.1, 0.15) is 0 Å². The monoisotopic (exact) mass is 390 g/mol. The first kappa shape index (κ1) is 19.1. The highest BCUT2D eigenvalue weighted by Crippen LogP contribution is 2.21. The molecule has 1 aromatic rings. The Kier molecular flexibility index (Phi) is 7.02. The van der Waals surface area contributed by atoms with Crippen molar-refractivity contribution in [1.82, 2.24) is 5.32 Å². The molecular formula is C15H23BrN2O3S.